The number of nitrogens with zero attached hydrogens (tertiary/aromatic N) is 5. The van der Waals surface area contributed by atoms with Crippen molar-refractivity contribution in [2.75, 3.05) is 31.6 Å². The van der Waals surface area contributed by atoms with Gasteiger partial charge in [0.1, 0.15) is 6.54 Å². The molecule has 2 heterocycles. The number of aromatic nitrogens is 3. The molecule has 0 saturated carbocycles. The van der Waals surface area contributed by atoms with Crippen molar-refractivity contribution >= 4 is 41.3 Å². The van der Waals surface area contributed by atoms with Crippen molar-refractivity contribution in [3.05, 3.63) is 60.6 Å². The number of fused-ring (bicyclic) bond motifs is 1. The number of hydrogen-bond acceptors (Lipinski definition) is 4. The number of para-hydroxylation sites is 1. The van der Waals surface area contributed by atoms with Crippen LogP contribution < -0.4 is 15.5 Å². The number of guanidine groups is 1. The molecule has 8 heteroatoms. The molecule has 0 aliphatic heterocycles. The molecule has 0 spiro atoms. The van der Waals surface area contributed by atoms with Gasteiger partial charge in [-0.25, -0.2) is 4.99 Å². The van der Waals surface area contributed by atoms with Gasteiger partial charge in [0.2, 0.25) is 0 Å². The average Bonchev–Trinajstić information content (AvgIpc) is 3.13. The van der Waals surface area contributed by atoms with Crippen LogP contribution in [-0.4, -0.2) is 47.2 Å². The van der Waals surface area contributed by atoms with E-state index in [2.05, 4.69) is 69.0 Å². The third kappa shape index (κ3) is 6.08. The number of nitrogens with one attached hydrogen (secondary N) is 2. The molecule has 2 aromatic heterocycles. The Hall–Kier alpha value is -2.36. The fourth-order valence-electron chi connectivity index (χ4n) is 2.82. The molecular formula is C20H28IN7. The zero-order valence-electron chi connectivity index (χ0n) is 16.4. The molecule has 0 amide bonds. The molecule has 0 saturated heterocycles. The molecule has 28 heavy (non-hydrogen) atoms. The van der Waals surface area contributed by atoms with Gasteiger partial charge in [-0.2, -0.15) is 0 Å². The lowest BCUT2D eigenvalue weighted by molar-refractivity contribution is 0.728. The van der Waals surface area contributed by atoms with Gasteiger partial charge in [-0.15, -0.1) is 34.2 Å². The van der Waals surface area contributed by atoms with Crippen LogP contribution >= 0.6 is 24.0 Å². The molecule has 0 aliphatic rings. The zero-order valence-corrected chi connectivity index (χ0v) is 18.7. The molecule has 0 radical (unpaired) electrons. The van der Waals surface area contributed by atoms with Crippen LogP contribution in [0.3, 0.4) is 0 Å². The molecule has 2 N–H and O–H groups in total. The molecule has 1 aromatic carbocycles. The van der Waals surface area contributed by atoms with Crippen LogP contribution in [0.4, 0.5) is 5.69 Å². The normalized spacial score (nSPS) is 11.1. The Kier molecular flexibility index (Phi) is 8.99. The molecule has 150 valence electrons. The number of aliphatic imine (C=N–C) groups is 1. The van der Waals surface area contributed by atoms with Gasteiger partial charge in [0, 0.05) is 38.6 Å². The summed E-state index contributed by atoms with van der Waals surface area (Å²) in [6.45, 7) is 5.18. The minimum Gasteiger partial charge on any atom is -0.375 e. The van der Waals surface area contributed by atoms with Crippen LogP contribution in [0.2, 0.25) is 0 Å². The van der Waals surface area contributed by atoms with Crippen molar-refractivity contribution in [1.82, 2.24) is 25.2 Å². The largest absolute Gasteiger partial charge is 0.375 e. The van der Waals surface area contributed by atoms with Gasteiger partial charge in [-0.3, -0.25) is 4.40 Å². The lowest BCUT2D eigenvalue weighted by atomic mass is 10.3. The molecule has 0 bridgehead atoms. The second-order valence-electron chi connectivity index (χ2n) is 6.28. The van der Waals surface area contributed by atoms with E-state index < -0.39 is 0 Å². The van der Waals surface area contributed by atoms with Crippen molar-refractivity contribution in [3.8, 4) is 0 Å². The fourth-order valence-corrected chi connectivity index (χ4v) is 2.82. The Morgan fingerprint density at radius 2 is 1.86 bits per heavy atom. The maximum atomic E-state index is 4.64. The lowest BCUT2D eigenvalue weighted by Gasteiger charge is -2.19. The standard InChI is InChI=1S/C20H27N7.HI/c1-3-21-20(22-13-9-14-26(2)17-10-5-4-6-11-17)23-16-19-25-24-18-12-7-8-15-27(18)19;/h4-8,10-12,15H,3,9,13-14,16H2,1-2H3,(H2,21,22,23);1H. The van der Waals surface area contributed by atoms with Gasteiger partial charge in [0.05, 0.1) is 0 Å². The van der Waals surface area contributed by atoms with Gasteiger partial charge < -0.3 is 15.5 Å². The predicted octanol–water partition coefficient (Wildman–Crippen LogP) is 2.93. The first-order valence-electron chi connectivity index (χ1n) is 9.35. The summed E-state index contributed by atoms with van der Waals surface area (Å²) in [6.07, 6.45) is 2.98. The first kappa shape index (κ1) is 21.9. The summed E-state index contributed by atoms with van der Waals surface area (Å²) in [7, 11) is 2.12. The van der Waals surface area contributed by atoms with Crippen molar-refractivity contribution in [2.24, 2.45) is 4.99 Å². The van der Waals surface area contributed by atoms with E-state index >= 15 is 0 Å². The maximum absolute atomic E-state index is 4.64. The predicted molar refractivity (Wildman–Crippen MR) is 126 cm³/mol. The molecule has 3 aromatic rings. The highest BCUT2D eigenvalue weighted by molar-refractivity contribution is 14.0. The SMILES string of the molecule is CCNC(=NCc1nnc2ccccn12)NCCCN(C)c1ccccc1.I. The minimum atomic E-state index is 0. The van der Waals surface area contributed by atoms with Crippen LogP contribution in [0.5, 0.6) is 0 Å². The van der Waals surface area contributed by atoms with Crippen LogP contribution in [0.25, 0.3) is 5.65 Å². The van der Waals surface area contributed by atoms with E-state index in [4.69, 9.17) is 0 Å². The topological polar surface area (TPSA) is 69.8 Å². The lowest BCUT2D eigenvalue weighted by Crippen LogP contribution is -2.38. The summed E-state index contributed by atoms with van der Waals surface area (Å²) >= 11 is 0. The van der Waals surface area contributed by atoms with E-state index in [1.165, 1.54) is 5.69 Å². The fraction of sp³-hybridized carbons (Fsp3) is 0.350. The van der Waals surface area contributed by atoms with Crippen molar-refractivity contribution in [3.63, 3.8) is 0 Å². The molecule has 0 aliphatic carbocycles. The van der Waals surface area contributed by atoms with E-state index in [0.717, 1.165) is 43.5 Å². The van der Waals surface area contributed by atoms with Crippen LogP contribution in [0.1, 0.15) is 19.2 Å². The first-order chi connectivity index (χ1) is 13.3. The number of halogens is 1. The van der Waals surface area contributed by atoms with E-state index in [1.54, 1.807) is 0 Å². The highest BCUT2D eigenvalue weighted by atomic mass is 127. The summed E-state index contributed by atoms with van der Waals surface area (Å²) in [6, 6.07) is 16.3. The Morgan fingerprint density at radius 1 is 1.07 bits per heavy atom. The van der Waals surface area contributed by atoms with Crippen LogP contribution in [0, 0.1) is 0 Å². The molecule has 0 fully saturated rings. The highest BCUT2D eigenvalue weighted by Crippen LogP contribution is 2.10. The molecule has 0 unspecified atom stereocenters. The van der Waals surface area contributed by atoms with E-state index in [-0.39, 0.29) is 24.0 Å². The van der Waals surface area contributed by atoms with Crippen LogP contribution in [-0.2, 0) is 6.54 Å². The summed E-state index contributed by atoms with van der Waals surface area (Å²) in [4.78, 5) is 6.90. The minimum absolute atomic E-state index is 0. The van der Waals surface area contributed by atoms with Gasteiger partial charge in [-0.1, -0.05) is 24.3 Å². The van der Waals surface area contributed by atoms with Crippen molar-refractivity contribution < 1.29 is 0 Å². The Labute approximate surface area is 183 Å². The molecule has 0 atom stereocenters. The number of benzene rings is 1. The summed E-state index contributed by atoms with van der Waals surface area (Å²) in [5.74, 6) is 1.62. The van der Waals surface area contributed by atoms with E-state index in [0.29, 0.717) is 6.54 Å². The smallest absolute Gasteiger partial charge is 0.191 e. The molecule has 7 nitrogen and oxygen atoms in total. The average molecular weight is 493 g/mol. The summed E-state index contributed by atoms with van der Waals surface area (Å²) < 4.78 is 1.96. The summed E-state index contributed by atoms with van der Waals surface area (Å²) in [5.41, 5.74) is 2.07. The van der Waals surface area contributed by atoms with Crippen molar-refractivity contribution in [2.45, 2.75) is 19.9 Å². The van der Waals surface area contributed by atoms with Gasteiger partial charge in [0.25, 0.3) is 0 Å². The monoisotopic (exact) mass is 493 g/mol. The quantitative estimate of drug-likeness (QED) is 0.219. The third-order valence-electron chi connectivity index (χ3n) is 4.27. The maximum Gasteiger partial charge on any atom is 0.191 e. The molecular weight excluding hydrogens is 465 g/mol. The third-order valence-corrected chi connectivity index (χ3v) is 4.27. The zero-order chi connectivity index (χ0) is 18.9. The van der Waals surface area contributed by atoms with Crippen LogP contribution in [0.15, 0.2) is 59.7 Å². The second-order valence-corrected chi connectivity index (χ2v) is 6.28. The van der Waals surface area contributed by atoms with Gasteiger partial charge >= 0.3 is 0 Å². The van der Waals surface area contributed by atoms with Gasteiger partial charge in [0.15, 0.2) is 17.4 Å². The number of pyridine rings is 1. The Bertz CT molecular complexity index is 863. The Balaban J connectivity index is 0.00000280. The number of rotatable bonds is 8. The highest BCUT2D eigenvalue weighted by Gasteiger charge is 2.05. The van der Waals surface area contributed by atoms with Gasteiger partial charge in [-0.05, 0) is 37.6 Å². The second kappa shape index (κ2) is 11.5. The number of hydrogen-bond donors (Lipinski definition) is 2. The Morgan fingerprint density at radius 3 is 2.64 bits per heavy atom. The summed E-state index contributed by atoms with van der Waals surface area (Å²) in [5, 5.41) is 15.1. The first-order valence-corrected chi connectivity index (χ1v) is 9.35. The van der Waals surface area contributed by atoms with Crippen molar-refractivity contribution in [1.29, 1.82) is 0 Å². The number of anilines is 1. The van der Waals surface area contributed by atoms with E-state index in [1.807, 2.05) is 34.9 Å². The van der Waals surface area contributed by atoms with E-state index in [9.17, 15) is 0 Å². The molecule has 3 rings (SSSR count).